The fraction of sp³-hybridized carbons (Fsp3) is 0.136. The molecule has 0 aliphatic carbocycles. The second-order valence-electron chi connectivity index (χ2n) is 7.00. The molecule has 3 aromatic rings. The van der Waals surface area contributed by atoms with Crippen LogP contribution in [0.3, 0.4) is 0 Å². The van der Waals surface area contributed by atoms with Crippen LogP contribution in [0.1, 0.15) is 19.4 Å². The molecule has 0 N–H and O–H groups in total. The second-order valence-corrected chi connectivity index (χ2v) is 7.44. The largest absolute Gasteiger partial charge is 0.483 e. The maximum atomic E-state index is 12.7. The van der Waals surface area contributed by atoms with Gasteiger partial charge in [-0.15, -0.1) is 0 Å². The maximum absolute atomic E-state index is 12.7. The van der Waals surface area contributed by atoms with Gasteiger partial charge in [-0.25, -0.2) is 4.85 Å². The van der Waals surface area contributed by atoms with E-state index in [0.29, 0.717) is 33.4 Å². The van der Waals surface area contributed by atoms with Crippen molar-refractivity contribution in [2.75, 3.05) is 0 Å². The van der Waals surface area contributed by atoms with Gasteiger partial charge in [-0.1, -0.05) is 29.8 Å². The van der Waals surface area contributed by atoms with Crippen molar-refractivity contribution in [1.82, 2.24) is 9.78 Å². The van der Waals surface area contributed by atoms with Crippen molar-refractivity contribution < 1.29 is 4.74 Å². The van der Waals surface area contributed by atoms with Gasteiger partial charge in [0, 0.05) is 22.2 Å². The summed E-state index contributed by atoms with van der Waals surface area (Å²) in [6.45, 7) is 11.1. The van der Waals surface area contributed by atoms with Gasteiger partial charge in [0.25, 0.3) is 5.56 Å². The number of benzene rings is 2. The van der Waals surface area contributed by atoms with Crippen molar-refractivity contribution in [2.24, 2.45) is 0 Å². The Bertz CT molecular complexity index is 1200. The van der Waals surface area contributed by atoms with Gasteiger partial charge in [0.2, 0.25) is 0 Å². The van der Waals surface area contributed by atoms with E-state index in [4.69, 9.17) is 22.9 Å². The average Bonchev–Trinajstić information content (AvgIpc) is 2.67. The van der Waals surface area contributed by atoms with Gasteiger partial charge < -0.3 is 4.74 Å². The van der Waals surface area contributed by atoms with Crippen molar-refractivity contribution in [3.05, 3.63) is 93.0 Å². The molecule has 0 radical (unpaired) electrons. The van der Waals surface area contributed by atoms with Crippen LogP contribution in [0.5, 0.6) is 5.75 Å². The van der Waals surface area contributed by atoms with E-state index >= 15 is 0 Å². The molecule has 4 rings (SSSR count). The second kappa shape index (κ2) is 6.66. The number of nitrogens with zero attached hydrogens (tertiary/aromatic N) is 3. The third-order valence-electron chi connectivity index (χ3n) is 4.39. The fourth-order valence-corrected chi connectivity index (χ4v) is 3.26. The molecule has 0 unspecified atom stereocenters. The summed E-state index contributed by atoms with van der Waals surface area (Å²) in [5.41, 5.74) is 2.33. The van der Waals surface area contributed by atoms with Crippen LogP contribution >= 0.6 is 11.6 Å². The van der Waals surface area contributed by atoms with Gasteiger partial charge >= 0.3 is 0 Å². The number of hydrogen-bond donors (Lipinski definition) is 0. The summed E-state index contributed by atoms with van der Waals surface area (Å²) in [7, 11) is 0. The molecule has 28 heavy (non-hydrogen) atoms. The molecule has 1 aliphatic heterocycles. The highest BCUT2D eigenvalue weighted by atomic mass is 35.5. The van der Waals surface area contributed by atoms with Gasteiger partial charge in [-0.05, 0) is 50.3 Å². The SMILES string of the molecule is [C-]#[N+]c1ccc2c(c1)C(n1nc(-c3ccc(Cl)cc3)ccc1=O)=CC(C)(C)O2. The Morgan fingerprint density at radius 1 is 1.11 bits per heavy atom. The fourth-order valence-electron chi connectivity index (χ4n) is 3.13. The highest BCUT2D eigenvalue weighted by Crippen LogP contribution is 2.38. The quantitative estimate of drug-likeness (QED) is 0.568. The van der Waals surface area contributed by atoms with Gasteiger partial charge in [0.1, 0.15) is 11.4 Å². The molecule has 0 atom stereocenters. The van der Waals surface area contributed by atoms with E-state index in [9.17, 15) is 4.79 Å². The third kappa shape index (κ3) is 3.30. The summed E-state index contributed by atoms with van der Waals surface area (Å²) >= 11 is 5.97. The Morgan fingerprint density at radius 3 is 2.57 bits per heavy atom. The molecule has 0 fully saturated rings. The summed E-state index contributed by atoms with van der Waals surface area (Å²) in [6, 6.07) is 15.6. The molecular formula is C22H16ClN3O2. The first-order valence-corrected chi connectivity index (χ1v) is 9.04. The maximum Gasteiger partial charge on any atom is 0.271 e. The molecule has 0 saturated heterocycles. The Morgan fingerprint density at radius 2 is 1.86 bits per heavy atom. The lowest BCUT2D eigenvalue weighted by Gasteiger charge is -2.31. The van der Waals surface area contributed by atoms with Crippen LogP contribution in [0.4, 0.5) is 5.69 Å². The molecule has 0 saturated carbocycles. The molecule has 2 heterocycles. The lowest BCUT2D eigenvalue weighted by molar-refractivity contribution is 0.157. The van der Waals surface area contributed by atoms with E-state index in [1.807, 2.05) is 32.1 Å². The lowest BCUT2D eigenvalue weighted by atomic mass is 9.98. The van der Waals surface area contributed by atoms with Gasteiger partial charge in [0.05, 0.1) is 18.0 Å². The van der Waals surface area contributed by atoms with E-state index in [1.54, 1.807) is 36.4 Å². The van der Waals surface area contributed by atoms with Gasteiger partial charge in [0.15, 0.2) is 5.69 Å². The zero-order chi connectivity index (χ0) is 19.9. The molecule has 5 nitrogen and oxygen atoms in total. The Hall–Kier alpha value is -3.36. The van der Waals surface area contributed by atoms with Crippen molar-refractivity contribution in [3.8, 4) is 17.0 Å². The van der Waals surface area contributed by atoms with E-state index in [1.165, 1.54) is 10.7 Å². The molecular weight excluding hydrogens is 374 g/mol. The normalized spacial score (nSPS) is 14.4. The monoisotopic (exact) mass is 389 g/mol. The number of aromatic nitrogens is 2. The van der Waals surface area contributed by atoms with Crippen LogP contribution in [0, 0.1) is 6.57 Å². The molecule has 6 heteroatoms. The first-order valence-electron chi connectivity index (χ1n) is 8.67. The molecule has 1 aliphatic rings. The minimum absolute atomic E-state index is 0.263. The summed E-state index contributed by atoms with van der Waals surface area (Å²) in [6.07, 6.45) is 1.85. The Labute approximate surface area is 167 Å². The number of fused-ring (bicyclic) bond motifs is 1. The van der Waals surface area contributed by atoms with Crippen LogP contribution in [-0.4, -0.2) is 15.4 Å². The van der Waals surface area contributed by atoms with Crippen LogP contribution < -0.4 is 10.3 Å². The predicted octanol–water partition coefficient (Wildman–Crippen LogP) is 5.17. The molecule has 138 valence electrons. The summed E-state index contributed by atoms with van der Waals surface area (Å²) < 4.78 is 7.36. The molecule has 0 bridgehead atoms. The molecule has 2 aromatic carbocycles. The van der Waals surface area contributed by atoms with Gasteiger partial charge in [-0.2, -0.15) is 9.78 Å². The van der Waals surface area contributed by atoms with Crippen LogP contribution in [0.25, 0.3) is 21.8 Å². The molecule has 0 spiro atoms. The number of rotatable bonds is 2. The summed E-state index contributed by atoms with van der Waals surface area (Å²) in [5, 5.41) is 5.21. The minimum atomic E-state index is -0.626. The zero-order valence-electron chi connectivity index (χ0n) is 15.3. The van der Waals surface area contributed by atoms with Crippen molar-refractivity contribution in [2.45, 2.75) is 19.4 Å². The van der Waals surface area contributed by atoms with Crippen molar-refractivity contribution in [1.29, 1.82) is 0 Å². The third-order valence-corrected chi connectivity index (χ3v) is 4.65. The number of halogens is 1. The highest BCUT2D eigenvalue weighted by molar-refractivity contribution is 6.30. The standard InChI is InChI=1S/C22H16ClN3O2/c1-22(2)13-19(17-12-16(24-3)8-10-20(17)28-22)26-21(27)11-9-18(25-26)14-4-6-15(23)7-5-14/h4-13H,1-2H3. The summed E-state index contributed by atoms with van der Waals surface area (Å²) in [4.78, 5) is 16.2. The smallest absolute Gasteiger partial charge is 0.271 e. The first kappa shape index (κ1) is 18.0. The van der Waals surface area contributed by atoms with E-state index < -0.39 is 5.60 Å². The lowest BCUT2D eigenvalue weighted by Crippen LogP contribution is -2.33. The highest BCUT2D eigenvalue weighted by Gasteiger charge is 2.28. The first-order chi connectivity index (χ1) is 13.4. The van der Waals surface area contributed by atoms with Crippen molar-refractivity contribution >= 4 is 23.0 Å². The van der Waals surface area contributed by atoms with Gasteiger partial charge in [-0.3, -0.25) is 4.79 Å². The molecule has 0 amide bonds. The van der Waals surface area contributed by atoms with Crippen LogP contribution in [-0.2, 0) is 0 Å². The number of hydrogen-bond acceptors (Lipinski definition) is 3. The van der Waals surface area contributed by atoms with Crippen LogP contribution in [0.15, 0.2) is 65.5 Å². The van der Waals surface area contributed by atoms with E-state index in [-0.39, 0.29) is 5.56 Å². The average molecular weight is 390 g/mol. The van der Waals surface area contributed by atoms with E-state index in [2.05, 4.69) is 9.94 Å². The van der Waals surface area contributed by atoms with E-state index in [0.717, 1.165) is 5.56 Å². The topological polar surface area (TPSA) is 48.5 Å². The summed E-state index contributed by atoms with van der Waals surface area (Å²) in [5.74, 6) is 0.612. The zero-order valence-corrected chi connectivity index (χ0v) is 16.1. The molecule has 1 aromatic heterocycles. The minimum Gasteiger partial charge on any atom is -0.483 e. The Balaban J connectivity index is 1.92. The predicted molar refractivity (Wildman–Crippen MR) is 110 cm³/mol. The van der Waals surface area contributed by atoms with Crippen molar-refractivity contribution in [3.63, 3.8) is 0 Å². The number of ether oxygens (including phenoxy) is 1. The Kier molecular flexibility index (Phi) is 4.29. The van der Waals surface area contributed by atoms with Crippen LogP contribution in [0.2, 0.25) is 5.02 Å².